The Morgan fingerprint density at radius 1 is 0.500 bits per heavy atom. The van der Waals surface area contributed by atoms with E-state index in [1.165, 1.54) is 8.85 Å². The zero-order chi connectivity index (χ0) is 10.2. The van der Waals surface area contributed by atoms with Gasteiger partial charge in [0.15, 0.2) is 0 Å². The summed E-state index contributed by atoms with van der Waals surface area (Å²) in [4.78, 5) is 0. The van der Waals surface area contributed by atoms with E-state index in [1.807, 2.05) is 60.7 Å². The molecule has 2 aromatic rings. The van der Waals surface area contributed by atoms with Crippen LogP contribution in [0.1, 0.15) is 0 Å². The van der Waals surface area contributed by atoms with E-state index in [0.29, 0.717) is 0 Å². The Morgan fingerprint density at radius 2 is 0.786 bits per heavy atom. The Morgan fingerprint density at radius 3 is 0.929 bits per heavy atom. The van der Waals surface area contributed by atoms with Crippen LogP contribution in [-0.2, 0) is 32.6 Å². The van der Waals surface area contributed by atoms with Crippen molar-refractivity contribution in [3.05, 3.63) is 60.7 Å². The summed E-state index contributed by atoms with van der Waals surface area (Å²) in [5.41, 5.74) is 0. The van der Waals surface area contributed by atoms with E-state index < -0.39 is 0 Å². The summed E-state index contributed by atoms with van der Waals surface area (Å²) >= 11 is 5.80. The Kier molecular flexibility index (Phi) is 5.69. The molecule has 0 amide bonds. The van der Waals surface area contributed by atoms with E-state index in [9.17, 15) is 0 Å². The monoisotopic (exact) mass is 258 g/mol. The molecule has 0 spiro atoms. The Balaban J connectivity index is 0.000000140. The molecule has 0 N–H and O–H groups in total. The quantitative estimate of drug-likeness (QED) is 0.675. The third-order valence-electron chi connectivity index (χ3n) is 1.49. The summed E-state index contributed by atoms with van der Waals surface area (Å²) in [6.45, 7) is 0. The van der Waals surface area contributed by atoms with Gasteiger partial charge in [-0.1, -0.05) is 0 Å². The van der Waals surface area contributed by atoms with Crippen molar-refractivity contribution >= 4 is 8.85 Å². The normalized spacial score (nSPS) is 8.57. The fourth-order valence-corrected chi connectivity index (χ4v) is 1.33. The Bertz CT molecular complexity index is 306. The van der Waals surface area contributed by atoms with Crippen LogP contribution >= 0.6 is 0 Å². The Labute approximate surface area is 102 Å². The van der Waals surface area contributed by atoms with Crippen LogP contribution in [0, 0.1) is 0 Å². The van der Waals surface area contributed by atoms with Crippen molar-refractivity contribution in [1.29, 1.82) is 0 Å². The minimum atomic E-state index is 1.20. The van der Waals surface area contributed by atoms with E-state index in [1.54, 1.807) is 0 Å². The van der Waals surface area contributed by atoms with Gasteiger partial charge in [0, 0.05) is 0 Å². The van der Waals surface area contributed by atoms with Crippen LogP contribution in [-0.4, -0.2) is 0 Å². The molecule has 0 nitrogen and oxygen atoms in total. The molecule has 2 heteroatoms. The van der Waals surface area contributed by atoms with Crippen LogP contribution in [0.3, 0.4) is 0 Å². The van der Waals surface area contributed by atoms with Crippen LogP contribution in [0.2, 0.25) is 0 Å². The molecule has 2 rings (SSSR count). The fourth-order valence-electron chi connectivity index (χ4n) is 0.841. The molecular weight excluding hydrogens is 248 g/mol. The van der Waals surface area contributed by atoms with Gasteiger partial charge in [-0.15, -0.1) is 0 Å². The number of rotatable bonds is 0. The first-order chi connectivity index (χ1) is 6.79. The molecule has 0 aromatic heterocycles. The van der Waals surface area contributed by atoms with Crippen molar-refractivity contribution in [2.24, 2.45) is 0 Å². The maximum atomic E-state index is 2.90. The van der Waals surface area contributed by atoms with Gasteiger partial charge in [0.05, 0.1) is 0 Å². The van der Waals surface area contributed by atoms with Crippen molar-refractivity contribution < 1.29 is 32.6 Å². The van der Waals surface area contributed by atoms with Crippen molar-refractivity contribution in [2.45, 2.75) is 0 Å². The van der Waals surface area contributed by atoms with E-state index in [0.717, 1.165) is 0 Å². The predicted octanol–water partition coefficient (Wildman–Crippen LogP) is 1.72. The van der Waals surface area contributed by atoms with Gasteiger partial charge in [0.25, 0.3) is 0 Å². The third kappa shape index (κ3) is 5.28. The second kappa shape index (κ2) is 6.89. The molecule has 0 saturated carbocycles. The molecule has 2 aromatic carbocycles. The van der Waals surface area contributed by atoms with Gasteiger partial charge in [0.2, 0.25) is 0 Å². The molecule has 0 aliphatic rings. The first kappa shape index (κ1) is 11.6. The van der Waals surface area contributed by atoms with E-state index in [2.05, 4.69) is 32.6 Å². The topological polar surface area (TPSA) is 0 Å². The molecule has 0 unspecified atom stereocenters. The zero-order valence-corrected chi connectivity index (χ0v) is 10.1. The zero-order valence-electron chi connectivity index (χ0n) is 7.59. The van der Waals surface area contributed by atoms with Crippen LogP contribution in [0.25, 0.3) is 0 Å². The average molecular weight is 258 g/mol. The molecule has 0 atom stereocenters. The summed E-state index contributed by atoms with van der Waals surface area (Å²) in [5.74, 6) is 0. The number of hydrogen-bond donors (Lipinski definition) is 0. The van der Waals surface area contributed by atoms with Gasteiger partial charge in [-0.3, -0.25) is 0 Å². The van der Waals surface area contributed by atoms with Gasteiger partial charge in [-0.05, 0) is 0 Å². The van der Waals surface area contributed by atoms with Gasteiger partial charge >= 0.3 is 102 Å². The predicted molar refractivity (Wildman–Crippen MR) is 52.2 cm³/mol. The van der Waals surface area contributed by atoms with Gasteiger partial charge in [-0.25, -0.2) is 0 Å². The van der Waals surface area contributed by atoms with E-state index in [4.69, 9.17) is 0 Å². The molecule has 0 fully saturated rings. The maximum absolute atomic E-state index is 2.90. The van der Waals surface area contributed by atoms with Crippen molar-refractivity contribution in [3.8, 4) is 0 Å². The first-order valence-electron chi connectivity index (χ1n) is 4.23. The van der Waals surface area contributed by atoms with Crippen LogP contribution in [0.15, 0.2) is 60.7 Å². The van der Waals surface area contributed by atoms with E-state index >= 15 is 0 Å². The molecule has 0 bridgehead atoms. The Hall–Kier alpha value is -0.495. The third-order valence-corrected chi connectivity index (χ3v) is 2.34. The summed E-state index contributed by atoms with van der Waals surface area (Å²) in [6, 6.07) is 20.1. The fraction of sp³-hybridized carbons (Fsp3) is 0. The van der Waals surface area contributed by atoms with Crippen molar-refractivity contribution in [1.82, 2.24) is 0 Å². The molecule has 70 valence electrons. The standard InChI is InChI=1S/2C6H5.2Cr/c2*1-2-4-6-5-3-1;;/h2*1-5H;;. The molecule has 0 aliphatic carbocycles. The van der Waals surface area contributed by atoms with Crippen LogP contribution in [0.4, 0.5) is 0 Å². The van der Waals surface area contributed by atoms with Crippen molar-refractivity contribution in [3.63, 3.8) is 0 Å². The van der Waals surface area contributed by atoms with Gasteiger partial charge < -0.3 is 0 Å². The number of hydrogen-bond acceptors (Lipinski definition) is 0. The molecule has 0 saturated heterocycles. The van der Waals surface area contributed by atoms with Crippen LogP contribution < -0.4 is 8.85 Å². The molecule has 0 heterocycles. The SMILES string of the molecule is [Cr][c]1ccccc1.[Cr][c]1ccccc1. The second-order valence-corrected chi connectivity index (χ2v) is 4.10. The second-order valence-electron chi connectivity index (χ2n) is 2.63. The molecule has 0 radical (unpaired) electrons. The summed E-state index contributed by atoms with van der Waals surface area (Å²) in [7, 11) is 0. The average Bonchev–Trinajstić information content (AvgIpc) is 2.21. The van der Waals surface area contributed by atoms with Crippen molar-refractivity contribution in [2.75, 3.05) is 0 Å². The van der Waals surface area contributed by atoms with Gasteiger partial charge in [0.1, 0.15) is 0 Å². The summed E-state index contributed by atoms with van der Waals surface area (Å²) < 4.78 is 2.39. The molecule has 14 heavy (non-hydrogen) atoms. The number of benzene rings is 2. The minimum absolute atomic E-state index is 1.20. The van der Waals surface area contributed by atoms with E-state index in [-0.39, 0.29) is 0 Å². The molecular formula is C12H10Cr2. The summed E-state index contributed by atoms with van der Waals surface area (Å²) in [5, 5.41) is 0. The summed E-state index contributed by atoms with van der Waals surface area (Å²) in [6.07, 6.45) is 0. The molecule has 0 aliphatic heterocycles. The van der Waals surface area contributed by atoms with Gasteiger partial charge in [-0.2, -0.15) is 0 Å². The first-order valence-corrected chi connectivity index (χ1v) is 5.50. The van der Waals surface area contributed by atoms with Crippen LogP contribution in [0.5, 0.6) is 0 Å².